The largest absolute Gasteiger partial charge is 0.389 e. The van der Waals surface area contributed by atoms with Crippen LogP contribution in [-0.2, 0) is 0 Å². The number of nitrogens with zero attached hydrogens (tertiary/aromatic N) is 2. The van der Waals surface area contributed by atoms with E-state index in [-0.39, 0.29) is 6.42 Å². The molecule has 1 fully saturated rings. The molecule has 6 heteroatoms. The van der Waals surface area contributed by atoms with E-state index in [1.54, 1.807) is 0 Å². The fraction of sp³-hybridized carbons (Fsp3) is 1.00. The molecule has 0 spiro atoms. The Kier molecular flexibility index (Phi) is 5.69. The van der Waals surface area contributed by atoms with Crippen LogP contribution in [0.1, 0.15) is 19.8 Å². The summed E-state index contributed by atoms with van der Waals surface area (Å²) in [5.41, 5.74) is 5.59. The second-order valence-electron chi connectivity index (χ2n) is 4.68. The lowest BCUT2D eigenvalue weighted by molar-refractivity contribution is -0.136. The van der Waals surface area contributed by atoms with Crippen molar-refractivity contribution in [1.29, 1.82) is 0 Å². The summed E-state index contributed by atoms with van der Waals surface area (Å²) in [5, 5.41) is 0. The standard InChI is InChI=1S/C11H22F3N3/c1-10(9-15)17-7-5-16(6-8-17)4-2-3-11(12,13)14/h10H,2-9,15H2,1H3. The van der Waals surface area contributed by atoms with Gasteiger partial charge in [-0.25, -0.2) is 0 Å². The Bertz CT molecular complexity index is 212. The molecule has 0 aromatic carbocycles. The molecule has 17 heavy (non-hydrogen) atoms. The van der Waals surface area contributed by atoms with Crippen molar-refractivity contribution >= 4 is 0 Å². The van der Waals surface area contributed by atoms with Gasteiger partial charge in [0.15, 0.2) is 0 Å². The van der Waals surface area contributed by atoms with Crippen LogP contribution in [0.4, 0.5) is 13.2 Å². The van der Waals surface area contributed by atoms with Crippen molar-refractivity contribution in [3.8, 4) is 0 Å². The fourth-order valence-electron chi connectivity index (χ4n) is 2.08. The lowest BCUT2D eigenvalue weighted by atomic mass is 10.2. The lowest BCUT2D eigenvalue weighted by Gasteiger charge is -2.37. The van der Waals surface area contributed by atoms with Crippen LogP contribution in [0.25, 0.3) is 0 Å². The van der Waals surface area contributed by atoms with Crippen molar-refractivity contribution in [2.24, 2.45) is 5.73 Å². The Morgan fingerprint density at radius 1 is 1.18 bits per heavy atom. The van der Waals surface area contributed by atoms with Crippen molar-refractivity contribution in [2.45, 2.75) is 32.0 Å². The van der Waals surface area contributed by atoms with Gasteiger partial charge >= 0.3 is 6.18 Å². The van der Waals surface area contributed by atoms with Crippen molar-refractivity contribution in [1.82, 2.24) is 9.80 Å². The molecule has 1 heterocycles. The lowest BCUT2D eigenvalue weighted by Crippen LogP contribution is -2.51. The molecule has 0 saturated carbocycles. The maximum Gasteiger partial charge on any atom is 0.389 e. The molecule has 0 bridgehead atoms. The van der Waals surface area contributed by atoms with Gasteiger partial charge in [-0.3, -0.25) is 4.90 Å². The molecule has 0 aromatic rings. The van der Waals surface area contributed by atoms with E-state index in [1.807, 2.05) is 0 Å². The minimum atomic E-state index is -4.02. The minimum Gasteiger partial charge on any atom is -0.329 e. The highest BCUT2D eigenvalue weighted by molar-refractivity contribution is 4.76. The van der Waals surface area contributed by atoms with Crippen molar-refractivity contribution in [3.63, 3.8) is 0 Å². The van der Waals surface area contributed by atoms with Crippen LogP contribution in [0.3, 0.4) is 0 Å². The second-order valence-corrected chi connectivity index (χ2v) is 4.68. The van der Waals surface area contributed by atoms with E-state index in [2.05, 4.69) is 16.7 Å². The normalized spacial score (nSPS) is 21.7. The monoisotopic (exact) mass is 253 g/mol. The summed E-state index contributed by atoms with van der Waals surface area (Å²) in [6.45, 7) is 6.77. The average Bonchev–Trinajstić information content (AvgIpc) is 2.27. The van der Waals surface area contributed by atoms with Gasteiger partial charge in [-0.05, 0) is 19.9 Å². The topological polar surface area (TPSA) is 32.5 Å². The van der Waals surface area contributed by atoms with Crippen molar-refractivity contribution in [2.75, 3.05) is 39.3 Å². The van der Waals surface area contributed by atoms with Crippen LogP contribution in [0.2, 0.25) is 0 Å². The molecule has 1 saturated heterocycles. The molecular formula is C11H22F3N3. The van der Waals surface area contributed by atoms with Gasteiger partial charge in [-0.2, -0.15) is 13.2 Å². The molecule has 102 valence electrons. The number of halogens is 3. The van der Waals surface area contributed by atoms with Crippen LogP contribution < -0.4 is 5.73 Å². The van der Waals surface area contributed by atoms with E-state index in [4.69, 9.17) is 5.73 Å². The molecule has 0 aliphatic carbocycles. The Morgan fingerprint density at radius 3 is 2.24 bits per heavy atom. The first-order valence-electron chi connectivity index (χ1n) is 6.15. The van der Waals surface area contributed by atoms with Gasteiger partial charge in [0.05, 0.1) is 0 Å². The molecule has 2 N–H and O–H groups in total. The third-order valence-corrected chi connectivity index (χ3v) is 3.31. The van der Waals surface area contributed by atoms with E-state index in [0.717, 1.165) is 26.2 Å². The summed E-state index contributed by atoms with van der Waals surface area (Å²) in [6.07, 6.45) is -4.49. The number of rotatable bonds is 5. The number of hydrogen-bond donors (Lipinski definition) is 1. The zero-order valence-electron chi connectivity index (χ0n) is 10.3. The minimum absolute atomic E-state index is 0.204. The predicted molar refractivity (Wildman–Crippen MR) is 61.8 cm³/mol. The Morgan fingerprint density at radius 2 is 1.76 bits per heavy atom. The molecule has 1 aliphatic heterocycles. The SMILES string of the molecule is CC(CN)N1CCN(CCCC(F)(F)F)CC1. The summed E-state index contributed by atoms with van der Waals surface area (Å²) in [6, 6.07) is 0.368. The number of nitrogens with two attached hydrogens (primary N) is 1. The molecule has 3 nitrogen and oxygen atoms in total. The van der Waals surface area contributed by atoms with Gasteiger partial charge in [0, 0.05) is 45.2 Å². The summed E-state index contributed by atoms with van der Waals surface area (Å²) < 4.78 is 35.9. The molecular weight excluding hydrogens is 231 g/mol. The average molecular weight is 253 g/mol. The highest BCUT2D eigenvalue weighted by Gasteiger charge is 2.27. The summed E-state index contributed by atoms with van der Waals surface area (Å²) >= 11 is 0. The zero-order valence-corrected chi connectivity index (χ0v) is 10.3. The molecule has 0 aromatic heterocycles. The van der Waals surface area contributed by atoms with E-state index in [0.29, 0.717) is 19.1 Å². The smallest absolute Gasteiger partial charge is 0.329 e. The van der Waals surface area contributed by atoms with Gasteiger partial charge in [-0.15, -0.1) is 0 Å². The van der Waals surface area contributed by atoms with E-state index in [9.17, 15) is 13.2 Å². The van der Waals surface area contributed by atoms with Crippen LogP contribution in [0.5, 0.6) is 0 Å². The van der Waals surface area contributed by atoms with Crippen LogP contribution in [0.15, 0.2) is 0 Å². The molecule has 1 unspecified atom stereocenters. The van der Waals surface area contributed by atoms with Crippen LogP contribution >= 0.6 is 0 Å². The highest BCUT2D eigenvalue weighted by Crippen LogP contribution is 2.21. The second kappa shape index (κ2) is 6.56. The number of alkyl halides is 3. The zero-order chi connectivity index (χ0) is 12.9. The Balaban J connectivity index is 2.15. The summed E-state index contributed by atoms with van der Waals surface area (Å²) in [7, 11) is 0. The Labute approximate surface area is 101 Å². The van der Waals surface area contributed by atoms with E-state index >= 15 is 0 Å². The number of hydrogen-bond acceptors (Lipinski definition) is 3. The quantitative estimate of drug-likeness (QED) is 0.801. The fourth-order valence-corrected chi connectivity index (χ4v) is 2.08. The van der Waals surface area contributed by atoms with Gasteiger partial charge < -0.3 is 10.6 Å². The summed E-state index contributed by atoms with van der Waals surface area (Å²) in [5.74, 6) is 0. The van der Waals surface area contributed by atoms with E-state index < -0.39 is 12.6 Å². The first-order valence-corrected chi connectivity index (χ1v) is 6.15. The third kappa shape index (κ3) is 5.70. The maximum absolute atomic E-state index is 12.0. The van der Waals surface area contributed by atoms with Gasteiger partial charge in [0.1, 0.15) is 0 Å². The first-order chi connectivity index (χ1) is 7.92. The maximum atomic E-state index is 12.0. The van der Waals surface area contributed by atoms with Gasteiger partial charge in [0.2, 0.25) is 0 Å². The van der Waals surface area contributed by atoms with Crippen LogP contribution in [-0.4, -0.2) is 61.3 Å². The molecule has 1 atom stereocenters. The van der Waals surface area contributed by atoms with Crippen molar-refractivity contribution < 1.29 is 13.2 Å². The Hall–Kier alpha value is -0.330. The molecule has 1 aliphatic rings. The van der Waals surface area contributed by atoms with Crippen molar-refractivity contribution in [3.05, 3.63) is 0 Å². The number of piperazine rings is 1. The third-order valence-electron chi connectivity index (χ3n) is 3.31. The summed E-state index contributed by atoms with van der Waals surface area (Å²) in [4.78, 5) is 4.39. The molecule has 0 radical (unpaired) electrons. The highest BCUT2D eigenvalue weighted by atomic mass is 19.4. The molecule has 1 rings (SSSR count). The first kappa shape index (κ1) is 14.7. The van der Waals surface area contributed by atoms with E-state index in [1.165, 1.54) is 0 Å². The molecule has 0 amide bonds. The van der Waals surface area contributed by atoms with Crippen LogP contribution in [0, 0.1) is 0 Å². The predicted octanol–water partition coefficient (Wildman–Crippen LogP) is 1.29. The van der Waals surface area contributed by atoms with Gasteiger partial charge in [0.25, 0.3) is 0 Å². The van der Waals surface area contributed by atoms with Gasteiger partial charge in [-0.1, -0.05) is 0 Å².